The normalized spacial score (nSPS) is 11.4. The summed E-state index contributed by atoms with van der Waals surface area (Å²) in [4.78, 5) is 7.02. The van der Waals surface area contributed by atoms with Gasteiger partial charge in [0.1, 0.15) is 5.75 Å². The lowest BCUT2D eigenvalue weighted by molar-refractivity contribution is -0.141. The third-order valence-corrected chi connectivity index (χ3v) is 2.41. The van der Waals surface area contributed by atoms with Crippen molar-refractivity contribution in [2.75, 3.05) is 7.05 Å². The van der Waals surface area contributed by atoms with Crippen molar-refractivity contribution >= 4 is 0 Å². The van der Waals surface area contributed by atoms with E-state index in [2.05, 4.69) is 15.3 Å². The molecule has 0 aliphatic carbocycles. The number of hydrogen-bond donors (Lipinski definition) is 1. The van der Waals surface area contributed by atoms with Gasteiger partial charge >= 0.3 is 12.2 Å². The van der Waals surface area contributed by atoms with Crippen LogP contribution in [0.4, 0.5) is 13.2 Å². The van der Waals surface area contributed by atoms with Crippen LogP contribution in [-0.2, 0) is 12.7 Å². The van der Waals surface area contributed by atoms with E-state index in [1.165, 1.54) is 0 Å². The molecule has 0 aliphatic heterocycles. The predicted octanol–water partition coefficient (Wildman–Crippen LogP) is 3.01. The van der Waals surface area contributed by atoms with Gasteiger partial charge in [-0.25, -0.2) is 4.98 Å². The maximum absolute atomic E-state index is 12.5. The third kappa shape index (κ3) is 3.67. The van der Waals surface area contributed by atoms with Crippen LogP contribution in [0.15, 0.2) is 36.5 Å². The van der Waals surface area contributed by atoms with E-state index in [4.69, 9.17) is 4.74 Å². The lowest BCUT2D eigenvalue weighted by atomic mass is 10.2. The summed E-state index contributed by atoms with van der Waals surface area (Å²) in [5.74, 6) is 0.386. The Hall–Kier alpha value is -2.15. The molecule has 1 aromatic heterocycles. The average molecular weight is 283 g/mol. The number of aromatic nitrogens is 2. The molecule has 0 spiro atoms. The van der Waals surface area contributed by atoms with Gasteiger partial charge < -0.3 is 10.1 Å². The number of alkyl halides is 3. The Balaban J connectivity index is 2.19. The van der Waals surface area contributed by atoms with Gasteiger partial charge in [0, 0.05) is 12.7 Å². The van der Waals surface area contributed by atoms with E-state index in [-0.39, 0.29) is 6.01 Å². The van der Waals surface area contributed by atoms with Crippen LogP contribution < -0.4 is 10.1 Å². The van der Waals surface area contributed by atoms with Crippen molar-refractivity contribution < 1.29 is 17.9 Å². The molecule has 1 aromatic carbocycles. The Bertz CT molecular complexity index is 587. The first kappa shape index (κ1) is 14.3. The van der Waals surface area contributed by atoms with Crippen molar-refractivity contribution in [1.82, 2.24) is 15.3 Å². The molecule has 4 nitrogen and oxygen atoms in total. The molecule has 0 amide bonds. The summed E-state index contributed by atoms with van der Waals surface area (Å²) in [6, 6.07) is 7.42. The van der Waals surface area contributed by atoms with Gasteiger partial charge in [-0.05, 0) is 30.8 Å². The largest absolute Gasteiger partial charge is 0.433 e. The van der Waals surface area contributed by atoms with E-state index < -0.39 is 11.9 Å². The number of hydrogen-bond acceptors (Lipinski definition) is 4. The minimum Gasteiger partial charge on any atom is -0.424 e. The zero-order valence-electron chi connectivity index (χ0n) is 10.6. The molecule has 0 unspecified atom stereocenters. The van der Waals surface area contributed by atoms with E-state index in [0.29, 0.717) is 12.3 Å². The van der Waals surface area contributed by atoms with Crippen LogP contribution in [0.2, 0.25) is 0 Å². The Morgan fingerprint density at radius 2 is 2.05 bits per heavy atom. The van der Waals surface area contributed by atoms with Gasteiger partial charge in [0.25, 0.3) is 0 Å². The number of ether oxygens (including phenoxy) is 1. The molecule has 20 heavy (non-hydrogen) atoms. The Kier molecular flexibility index (Phi) is 4.19. The summed E-state index contributed by atoms with van der Waals surface area (Å²) >= 11 is 0. The molecular weight excluding hydrogens is 271 g/mol. The molecule has 0 saturated heterocycles. The summed E-state index contributed by atoms with van der Waals surface area (Å²) in [6.45, 7) is 0.626. The number of nitrogens with zero attached hydrogens (tertiary/aromatic N) is 2. The Labute approximate surface area is 113 Å². The summed E-state index contributed by atoms with van der Waals surface area (Å²) in [5.41, 5.74) is -0.0918. The Morgan fingerprint density at radius 3 is 2.75 bits per heavy atom. The van der Waals surface area contributed by atoms with Crippen molar-refractivity contribution in [1.29, 1.82) is 0 Å². The highest BCUT2D eigenvalue weighted by Crippen LogP contribution is 2.28. The van der Waals surface area contributed by atoms with E-state index in [9.17, 15) is 13.2 Å². The standard InChI is InChI=1S/C13H12F3N3O/c1-17-8-9-3-2-4-10(7-9)20-12-18-6-5-11(19-12)13(14,15)16/h2-7,17H,8H2,1H3. The van der Waals surface area contributed by atoms with Crippen molar-refractivity contribution in [2.24, 2.45) is 0 Å². The molecule has 1 N–H and O–H groups in total. The fraction of sp³-hybridized carbons (Fsp3) is 0.231. The molecule has 1 heterocycles. The lowest BCUT2D eigenvalue weighted by Crippen LogP contribution is -2.09. The summed E-state index contributed by atoms with van der Waals surface area (Å²) in [5, 5.41) is 2.97. The molecule has 2 rings (SSSR count). The van der Waals surface area contributed by atoms with Gasteiger partial charge in [-0.1, -0.05) is 12.1 Å². The van der Waals surface area contributed by atoms with Gasteiger partial charge in [-0.15, -0.1) is 0 Å². The van der Waals surface area contributed by atoms with E-state index in [1.54, 1.807) is 25.2 Å². The van der Waals surface area contributed by atoms with Crippen LogP contribution in [0, 0.1) is 0 Å². The first-order valence-corrected chi connectivity index (χ1v) is 5.80. The lowest BCUT2D eigenvalue weighted by Gasteiger charge is -2.08. The molecule has 7 heteroatoms. The molecule has 106 valence electrons. The first-order valence-electron chi connectivity index (χ1n) is 5.80. The van der Waals surface area contributed by atoms with Gasteiger partial charge in [-0.2, -0.15) is 18.2 Å². The zero-order chi connectivity index (χ0) is 14.6. The van der Waals surface area contributed by atoms with Crippen LogP contribution in [0.1, 0.15) is 11.3 Å². The number of halogens is 3. The topological polar surface area (TPSA) is 47.0 Å². The second-order valence-electron chi connectivity index (χ2n) is 4.00. The summed E-state index contributed by atoms with van der Waals surface area (Å²) < 4.78 is 42.8. The Morgan fingerprint density at radius 1 is 1.25 bits per heavy atom. The van der Waals surface area contributed by atoms with Crippen molar-refractivity contribution in [3.05, 3.63) is 47.8 Å². The molecular formula is C13H12F3N3O. The highest BCUT2D eigenvalue weighted by atomic mass is 19.4. The van der Waals surface area contributed by atoms with Gasteiger partial charge in [0.05, 0.1) is 0 Å². The molecule has 0 fully saturated rings. The smallest absolute Gasteiger partial charge is 0.424 e. The number of benzene rings is 1. The van der Waals surface area contributed by atoms with Gasteiger partial charge in [0.15, 0.2) is 5.69 Å². The summed E-state index contributed by atoms with van der Waals surface area (Å²) in [6.07, 6.45) is -3.50. The maximum atomic E-state index is 12.5. The fourth-order valence-corrected chi connectivity index (χ4v) is 1.58. The fourth-order valence-electron chi connectivity index (χ4n) is 1.58. The highest BCUT2D eigenvalue weighted by Gasteiger charge is 2.33. The maximum Gasteiger partial charge on any atom is 0.433 e. The molecule has 2 aromatic rings. The minimum atomic E-state index is -4.52. The van der Waals surface area contributed by atoms with E-state index >= 15 is 0 Å². The number of rotatable bonds is 4. The van der Waals surface area contributed by atoms with Crippen LogP contribution in [-0.4, -0.2) is 17.0 Å². The second kappa shape index (κ2) is 5.87. The molecule has 0 aliphatic rings. The zero-order valence-corrected chi connectivity index (χ0v) is 10.6. The molecule has 0 radical (unpaired) electrons. The molecule has 0 saturated carbocycles. The van der Waals surface area contributed by atoms with Crippen LogP contribution in [0.5, 0.6) is 11.8 Å². The van der Waals surface area contributed by atoms with E-state index in [1.807, 2.05) is 6.07 Å². The van der Waals surface area contributed by atoms with Crippen LogP contribution >= 0.6 is 0 Å². The van der Waals surface area contributed by atoms with Gasteiger partial charge in [0.2, 0.25) is 0 Å². The monoisotopic (exact) mass is 283 g/mol. The summed E-state index contributed by atoms with van der Waals surface area (Å²) in [7, 11) is 1.80. The number of nitrogens with one attached hydrogen (secondary N) is 1. The molecule has 0 bridgehead atoms. The van der Waals surface area contributed by atoms with Crippen LogP contribution in [0.25, 0.3) is 0 Å². The van der Waals surface area contributed by atoms with E-state index in [0.717, 1.165) is 17.8 Å². The van der Waals surface area contributed by atoms with Crippen molar-refractivity contribution in [3.8, 4) is 11.8 Å². The average Bonchev–Trinajstić information content (AvgIpc) is 2.39. The quantitative estimate of drug-likeness (QED) is 0.937. The van der Waals surface area contributed by atoms with Crippen molar-refractivity contribution in [3.63, 3.8) is 0 Å². The van der Waals surface area contributed by atoms with Gasteiger partial charge in [-0.3, -0.25) is 0 Å². The first-order chi connectivity index (χ1) is 9.49. The highest BCUT2D eigenvalue weighted by molar-refractivity contribution is 5.30. The van der Waals surface area contributed by atoms with Crippen LogP contribution in [0.3, 0.4) is 0 Å². The SMILES string of the molecule is CNCc1cccc(Oc2nccc(C(F)(F)F)n2)c1. The molecule has 0 atom stereocenters. The predicted molar refractivity (Wildman–Crippen MR) is 66.3 cm³/mol. The third-order valence-electron chi connectivity index (χ3n) is 2.41. The second-order valence-corrected chi connectivity index (χ2v) is 4.00. The minimum absolute atomic E-state index is 0.332. The van der Waals surface area contributed by atoms with Crippen molar-refractivity contribution in [2.45, 2.75) is 12.7 Å².